The predicted octanol–water partition coefficient (Wildman–Crippen LogP) is 7.80. The van der Waals surface area contributed by atoms with Crippen LogP contribution < -0.4 is 0 Å². The molecule has 12 heteroatoms. The monoisotopic (exact) mass is 600 g/mol. The van der Waals surface area contributed by atoms with E-state index in [1.807, 2.05) is 79.7 Å². The first-order valence-electron chi connectivity index (χ1n) is 12.1. The molecule has 0 aliphatic carbocycles. The normalized spacial score (nSPS) is 11.5. The van der Waals surface area contributed by atoms with Crippen LogP contribution in [0.15, 0.2) is 73.3 Å². The molecule has 0 aliphatic heterocycles. The molecule has 0 saturated heterocycles. The van der Waals surface area contributed by atoms with Gasteiger partial charge >= 0.3 is 0 Å². The number of aryl methyl sites for hydroxylation is 2. The zero-order valence-corrected chi connectivity index (χ0v) is 24.2. The average Bonchev–Trinajstić information content (AvgIpc) is 3.74. The Kier molecular flexibility index (Phi) is 6.20. The van der Waals surface area contributed by atoms with E-state index in [1.165, 1.54) is 22.7 Å². The molecule has 0 N–H and O–H groups in total. The molecule has 0 atom stereocenters. The molecule has 0 amide bonds. The van der Waals surface area contributed by atoms with E-state index in [2.05, 4.69) is 30.1 Å². The number of benzene rings is 2. The number of rotatable bonds is 2. The largest absolute Gasteiger partial charge is 0.275 e. The number of aromatic nitrogens is 8. The van der Waals surface area contributed by atoms with Gasteiger partial charge in [-0.15, -0.1) is 22.7 Å². The molecular formula is C28H18Cl2N8S2. The molecular weight excluding hydrogens is 583 g/mol. The summed E-state index contributed by atoms with van der Waals surface area (Å²) in [5.74, 6) is 0. The van der Waals surface area contributed by atoms with Crippen molar-refractivity contribution >= 4 is 89.7 Å². The first-order valence-corrected chi connectivity index (χ1v) is 14.5. The Morgan fingerprint density at radius 1 is 0.650 bits per heavy atom. The van der Waals surface area contributed by atoms with Gasteiger partial charge in [-0.3, -0.25) is 19.3 Å². The molecule has 196 valence electrons. The predicted molar refractivity (Wildman–Crippen MR) is 164 cm³/mol. The molecule has 8 nitrogen and oxygen atoms in total. The van der Waals surface area contributed by atoms with Crippen molar-refractivity contribution in [3.8, 4) is 21.1 Å². The smallest absolute Gasteiger partial charge is 0.0993 e. The second-order valence-electron chi connectivity index (χ2n) is 9.09. The van der Waals surface area contributed by atoms with Crippen LogP contribution in [-0.4, -0.2) is 39.5 Å². The summed E-state index contributed by atoms with van der Waals surface area (Å²) in [7, 11) is 3.83. The number of hydrogen-bond donors (Lipinski definition) is 0. The van der Waals surface area contributed by atoms with Gasteiger partial charge < -0.3 is 0 Å². The second-order valence-corrected chi connectivity index (χ2v) is 12.5. The molecule has 6 aromatic heterocycles. The van der Waals surface area contributed by atoms with Crippen LogP contribution in [0.1, 0.15) is 0 Å². The molecule has 0 spiro atoms. The van der Waals surface area contributed by atoms with E-state index in [-0.39, 0.29) is 0 Å². The molecule has 8 aromatic rings. The number of nitrogens with zero attached hydrogens (tertiary/aromatic N) is 8. The standard InChI is InChI=1S/2C14H9ClN4S/c1-19-7-8-4-10-11(5-9(8)18-19)17-12(6-16-10)13-2-3-14(15)20-13;1-19-12-5-10-9(4-8(12)6-17-19)16-7-11(18-10)13-2-3-14(15)20-13/h2*2-7H,1H3. The van der Waals surface area contributed by atoms with Crippen LogP contribution in [0.25, 0.3) is 65.0 Å². The van der Waals surface area contributed by atoms with Crippen LogP contribution in [0, 0.1) is 0 Å². The Balaban J connectivity index is 0.000000132. The zero-order chi connectivity index (χ0) is 27.4. The Morgan fingerprint density at radius 2 is 1.25 bits per heavy atom. The Bertz CT molecular complexity index is 2180. The SMILES string of the molecule is Cn1cc2cc3ncc(-c4ccc(Cl)s4)nc3cc2n1.Cn1ncc2cc3ncc(-c4ccc(Cl)s4)nc3cc21. The van der Waals surface area contributed by atoms with Crippen molar-refractivity contribution in [3.63, 3.8) is 0 Å². The summed E-state index contributed by atoms with van der Waals surface area (Å²) in [4.78, 5) is 20.4. The Morgan fingerprint density at radius 3 is 1.85 bits per heavy atom. The van der Waals surface area contributed by atoms with Gasteiger partial charge in [0, 0.05) is 31.1 Å². The van der Waals surface area contributed by atoms with Crippen LogP contribution in [-0.2, 0) is 14.1 Å². The molecule has 0 aliphatic rings. The van der Waals surface area contributed by atoms with Crippen LogP contribution in [0.4, 0.5) is 0 Å². The summed E-state index contributed by atoms with van der Waals surface area (Å²) in [5, 5.41) is 10.8. The van der Waals surface area contributed by atoms with Crippen molar-refractivity contribution in [3.05, 3.63) is 82.0 Å². The molecule has 8 rings (SSSR count). The fourth-order valence-electron chi connectivity index (χ4n) is 4.45. The lowest BCUT2D eigenvalue weighted by molar-refractivity contribution is 0.780. The maximum Gasteiger partial charge on any atom is 0.0993 e. The molecule has 0 fully saturated rings. The summed E-state index contributed by atoms with van der Waals surface area (Å²) in [6.07, 6.45) is 7.38. The number of thiophene rings is 2. The molecule has 0 unspecified atom stereocenters. The summed E-state index contributed by atoms with van der Waals surface area (Å²) in [5.41, 5.74) is 7.11. The minimum atomic E-state index is 0.752. The van der Waals surface area contributed by atoms with Gasteiger partial charge in [0.1, 0.15) is 0 Å². The van der Waals surface area contributed by atoms with E-state index in [4.69, 9.17) is 23.2 Å². The Hall–Kier alpha value is -3.96. The molecule has 6 heterocycles. The zero-order valence-electron chi connectivity index (χ0n) is 21.1. The first-order chi connectivity index (χ1) is 19.4. The van der Waals surface area contributed by atoms with E-state index in [0.717, 1.165) is 73.7 Å². The fraction of sp³-hybridized carbons (Fsp3) is 0.0714. The van der Waals surface area contributed by atoms with E-state index < -0.39 is 0 Å². The van der Waals surface area contributed by atoms with Crippen molar-refractivity contribution in [1.29, 1.82) is 0 Å². The first kappa shape index (κ1) is 25.0. The van der Waals surface area contributed by atoms with Crippen molar-refractivity contribution in [2.45, 2.75) is 0 Å². The van der Waals surface area contributed by atoms with E-state index >= 15 is 0 Å². The van der Waals surface area contributed by atoms with E-state index in [1.54, 1.807) is 17.1 Å². The average molecular weight is 602 g/mol. The topological polar surface area (TPSA) is 87.2 Å². The highest BCUT2D eigenvalue weighted by atomic mass is 35.5. The minimum Gasteiger partial charge on any atom is -0.275 e. The molecule has 0 bridgehead atoms. The van der Waals surface area contributed by atoms with Crippen LogP contribution >= 0.6 is 45.9 Å². The molecule has 40 heavy (non-hydrogen) atoms. The lowest BCUT2D eigenvalue weighted by Crippen LogP contribution is -1.91. The molecule has 2 aromatic carbocycles. The summed E-state index contributed by atoms with van der Waals surface area (Å²) in [6, 6.07) is 15.7. The third-order valence-corrected chi connectivity index (χ3v) is 8.85. The third-order valence-electron chi connectivity index (χ3n) is 6.34. The van der Waals surface area contributed by atoms with E-state index in [0.29, 0.717) is 0 Å². The van der Waals surface area contributed by atoms with Gasteiger partial charge in [0.25, 0.3) is 0 Å². The van der Waals surface area contributed by atoms with Crippen molar-refractivity contribution < 1.29 is 0 Å². The molecule has 0 saturated carbocycles. The maximum absolute atomic E-state index is 5.97. The fourth-order valence-corrected chi connectivity index (χ4v) is 6.45. The Labute approximate surface area is 245 Å². The van der Waals surface area contributed by atoms with Gasteiger partial charge in [0.05, 0.1) is 81.5 Å². The van der Waals surface area contributed by atoms with Crippen LogP contribution in [0.5, 0.6) is 0 Å². The lowest BCUT2D eigenvalue weighted by atomic mass is 10.2. The number of fused-ring (bicyclic) bond motifs is 4. The highest BCUT2D eigenvalue weighted by Gasteiger charge is 2.09. The van der Waals surface area contributed by atoms with Crippen LogP contribution in [0.3, 0.4) is 0 Å². The minimum absolute atomic E-state index is 0.752. The van der Waals surface area contributed by atoms with E-state index in [9.17, 15) is 0 Å². The van der Waals surface area contributed by atoms with Gasteiger partial charge in [-0.2, -0.15) is 10.2 Å². The highest BCUT2D eigenvalue weighted by Crippen LogP contribution is 2.32. The lowest BCUT2D eigenvalue weighted by Gasteiger charge is -2.01. The van der Waals surface area contributed by atoms with Gasteiger partial charge in [-0.05, 0) is 48.5 Å². The van der Waals surface area contributed by atoms with Gasteiger partial charge in [-0.1, -0.05) is 23.2 Å². The summed E-state index contributed by atoms with van der Waals surface area (Å²) >= 11 is 14.9. The van der Waals surface area contributed by atoms with Gasteiger partial charge in [0.15, 0.2) is 0 Å². The van der Waals surface area contributed by atoms with Crippen molar-refractivity contribution in [2.75, 3.05) is 0 Å². The second kappa shape index (κ2) is 9.90. The van der Waals surface area contributed by atoms with Crippen molar-refractivity contribution in [2.24, 2.45) is 14.1 Å². The highest BCUT2D eigenvalue weighted by molar-refractivity contribution is 7.19. The van der Waals surface area contributed by atoms with Gasteiger partial charge in [0.2, 0.25) is 0 Å². The number of hydrogen-bond acceptors (Lipinski definition) is 8. The summed E-state index contributed by atoms with van der Waals surface area (Å²) < 4.78 is 5.14. The van der Waals surface area contributed by atoms with Gasteiger partial charge in [-0.25, -0.2) is 9.97 Å². The van der Waals surface area contributed by atoms with Crippen LogP contribution in [0.2, 0.25) is 8.67 Å². The molecule has 0 radical (unpaired) electrons. The summed E-state index contributed by atoms with van der Waals surface area (Å²) in [6.45, 7) is 0. The van der Waals surface area contributed by atoms with Crippen molar-refractivity contribution in [1.82, 2.24) is 39.5 Å². The number of halogens is 2. The quantitative estimate of drug-likeness (QED) is 0.201. The maximum atomic E-state index is 5.97. The third kappa shape index (κ3) is 4.69.